The Morgan fingerprint density at radius 2 is 1.22 bits per heavy atom. The summed E-state index contributed by atoms with van der Waals surface area (Å²) in [6, 6.07) is 0. The molecule has 0 spiro atoms. The lowest BCUT2D eigenvalue weighted by Crippen LogP contribution is -2.41. The summed E-state index contributed by atoms with van der Waals surface area (Å²) in [5, 5.41) is 0. The molecule has 45 heavy (non-hydrogen) atoms. The van der Waals surface area contributed by atoms with E-state index >= 15 is 0 Å². The third-order valence-electron chi connectivity index (χ3n) is 8.30. The predicted octanol–water partition coefficient (Wildman–Crippen LogP) is 7.35. The van der Waals surface area contributed by atoms with E-state index in [9.17, 15) is 28.1 Å². The van der Waals surface area contributed by atoms with Gasteiger partial charge in [-0.1, -0.05) is 127 Å². The fraction of sp³-hybridized carbons (Fsp3) is 0.844. The van der Waals surface area contributed by atoms with Gasteiger partial charge in [0.1, 0.15) is 5.75 Å². The van der Waals surface area contributed by atoms with Crippen LogP contribution in [0.15, 0.2) is 14.4 Å². The van der Waals surface area contributed by atoms with E-state index in [1.807, 2.05) is 0 Å². The number of aromatic nitrogens is 4. The minimum atomic E-state index is -3.65. The van der Waals surface area contributed by atoms with Crippen LogP contribution in [0.5, 0.6) is 0 Å². The summed E-state index contributed by atoms with van der Waals surface area (Å²) in [6.07, 6.45) is 22.4. The molecule has 0 saturated carbocycles. The molecular formula is C32H57N4O7PS. The highest BCUT2D eigenvalue weighted by molar-refractivity contribution is 7.90. The maximum absolute atomic E-state index is 13.3. The topological polar surface area (TPSA) is 148 Å². The molecule has 1 N–H and O–H groups in total. The van der Waals surface area contributed by atoms with Crippen LogP contribution >= 0.6 is 7.83 Å². The molecule has 0 aliphatic rings. The number of hydrogen-bond donors (Lipinski definition) is 1. The Balaban J connectivity index is 1.98. The van der Waals surface area contributed by atoms with Gasteiger partial charge in [0.05, 0.1) is 24.0 Å². The van der Waals surface area contributed by atoms with Gasteiger partial charge in [0, 0.05) is 6.61 Å². The monoisotopic (exact) mass is 672 g/mol. The molecule has 0 aliphatic carbocycles. The maximum atomic E-state index is 13.3. The zero-order valence-electron chi connectivity index (χ0n) is 27.9. The molecule has 2 rings (SSSR count). The van der Waals surface area contributed by atoms with Crippen LogP contribution in [-0.2, 0) is 31.8 Å². The molecule has 11 nitrogen and oxygen atoms in total. The zero-order chi connectivity index (χ0) is 33.0. The van der Waals surface area contributed by atoms with E-state index < -0.39 is 42.2 Å². The molecule has 2 aromatic heterocycles. The van der Waals surface area contributed by atoms with Crippen molar-refractivity contribution in [1.29, 1.82) is 0 Å². The highest BCUT2D eigenvalue weighted by atomic mass is 32.2. The number of imidazole rings is 1. The summed E-state index contributed by atoms with van der Waals surface area (Å²) in [7, 11) is -3.65. The first-order valence-corrected chi connectivity index (χ1v) is 19.8. The molecule has 0 bridgehead atoms. The lowest BCUT2D eigenvalue weighted by Gasteiger charge is -2.15. The largest absolute Gasteiger partial charge is 0.592 e. The number of unbranched alkanes of at least 4 members (excludes halogenated alkanes) is 18. The number of ether oxygens (including phenoxy) is 1. The Bertz CT molecular complexity index is 1360. The van der Waals surface area contributed by atoms with Crippen molar-refractivity contribution in [2.75, 3.05) is 12.4 Å². The first-order chi connectivity index (χ1) is 21.7. The highest BCUT2D eigenvalue weighted by Gasteiger charge is 2.28. The molecule has 13 heteroatoms. The Morgan fingerprint density at radius 1 is 0.756 bits per heavy atom. The molecule has 2 heterocycles. The fourth-order valence-corrected chi connectivity index (χ4v) is 7.44. The summed E-state index contributed by atoms with van der Waals surface area (Å²) in [4.78, 5) is 41.6. The van der Waals surface area contributed by atoms with Crippen LogP contribution in [-0.4, -0.2) is 40.9 Å². The van der Waals surface area contributed by atoms with Crippen LogP contribution in [0.3, 0.4) is 0 Å². The van der Waals surface area contributed by atoms with Gasteiger partial charge in [0.2, 0.25) is 0 Å². The molecule has 0 saturated heterocycles. The Kier molecular flexibility index (Phi) is 19.7. The third-order valence-corrected chi connectivity index (χ3v) is 10.4. The average molecular weight is 673 g/mol. The van der Waals surface area contributed by atoms with Gasteiger partial charge in [0.25, 0.3) is 5.56 Å². The molecule has 0 radical (unpaired) electrons. The summed E-state index contributed by atoms with van der Waals surface area (Å²) in [5.41, 5.74) is -3.61. The Hall–Kier alpha value is -1.88. The average Bonchev–Trinajstić information content (AvgIpc) is 3.31. The summed E-state index contributed by atoms with van der Waals surface area (Å²) >= 11 is -1.98. The minimum absolute atomic E-state index is 0.0235. The minimum Gasteiger partial charge on any atom is -0.592 e. The van der Waals surface area contributed by atoms with Crippen molar-refractivity contribution in [3.8, 4) is 0 Å². The van der Waals surface area contributed by atoms with Crippen molar-refractivity contribution in [3.05, 3.63) is 31.3 Å². The predicted molar refractivity (Wildman–Crippen MR) is 182 cm³/mol. The van der Waals surface area contributed by atoms with E-state index in [0.717, 1.165) is 53.5 Å². The molecule has 2 unspecified atom stereocenters. The van der Waals surface area contributed by atoms with Crippen LogP contribution in [0, 0.1) is 0 Å². The molecule has 0 aliphatic heterocycles. The van der Waals surface area contributed by atoms with Gasteiger partial charge < -0.3 is 9.29 Å². The number of nitrogens with one attached hydrogen (secondary N) is 1. The van der Waals surface area contributed by atoms with Crippen LogP contribution in [0.4, 0.5) is 0 Å². The quantitative estimate of drug-likeness (QED) is 0.0593. The molecule has 0 amide bonds. The van der Waals surface area contributed by atoms with Crippen LogP contribution < -0.4 is 16.9 Å². The standard InChI is InChI=1S/C32H57N4O7PS/c1-4-6-8-10-12-14-15-16-17-19-21-23-25-45(42)36-29-28(30(37)35(32(36)39)44(40)41)34(31(38)33-29)26-27(3)43-24-22-20-18-13-11-9-7-5-2/h27H,4-26H2,1-3H3,(H,33,38). The summed E-state index contributed by atoms with van der Waals surface area (Å²) < 4.78 is 44.9. The van der Waals surface area contributed by atoms with E-state index in [1.54, 1.807) is 6.92 Å². The van der Waals surface area contributed by atoms with Crippen molar-refractivity contribution in [3.63, 3.8) is 0 Å². The Labute approximate surface area is 271 Å². The molecule has 0 aromatic carbocycles. The van der Waals surface area contributed by atoms with Gasteiger partial charge in [-0.3, -0.25) is 14.3 Å². The van der Waals surface area contributed by atoms with E-state index in [2.05, 4.69) is 18.8 Å². The third kappa shape index (κ3) is 13.4. The highest BCUT2D eigenvalue weighted by Crippen LogP contribution is 2.15. The summed E-state index contributed by atoms with van der Waals surface area (Å²) in [5.74, 6) is 0.103. The van der Waals surface area contributed by atoms with E-state index in [1.165, 1.54) is 77.0 Å². The smallest absolute Gasteiger partial charge is 0.438 e. The number of nitrogens with zero attached hydrogens (tertiary/aromatic N) is 3. The van der Waals surface area contributed by atoms with Crippen molar-refractivity contribution < 1.29 is 18.4 Å². The number of hydrogen-bond acceptors (Lipinski definition) is 7. The number of aromatic amines is 1. The van der Waals surface area contributed by atoms with Gasteiger partial charge in [0.15, 0.2) is 11.2 Å². The normalized spacial score (nSPS) is 13.1. The zero-order valence-corrected chi connectivity index (χ0v) is 29.6. The molecular weight excluding hydrogens is 615 g/mol. The lowest BCUT2D eigenvalue weighted by molar-refractivity contribution is 0.0518. The fourth-order valence-electron chi connectivity index (χ4n) is 5.69. The van der Waals surface area contributed by atoms with Crippen molar-refractivity contribution in [1.82, 2.24) is 17.9 Å². The van der Waals surface area contributed by atoms with Crippen molar-refractivity contribution >= 4 is 30.4 Å². The van der Waals surface area contributed by atoms with Gasteiger partial charge in [-0.05, 0) is 26.2 Å². The summed E-state index contributed by atoms with van der Waals surface area (Å²) in [6.45, 7) is 6.66. The number of H-pyrrole nitrogens is 1. The molecule has 258 valence electrons. The van der Waals surface area contributed by atoms with Gasteiger partial charge in [-0.25, -0.2) is 18.7 Å². The van der Waals surface area contributed by atoms with E-state index in [4.69, 9.17) is 4.74 Å². The molecule has 2 atom stereocenters. The molecule has 0 fully saturated rings. The second-order valence-corrected chi connectivity index (χ2v) is 14.5. The van der Waals surface area contributed by atoms with E-state index in [0.29, 0.717) is 13.0 Å². The van der Waals surface area contributed by atoms with Gasteiger partial charge >= 0.3 is 19.2 Å². The Morgan fingerprint density at radius 3 is 1.71 bits per heavy atom. The van der Waals surface area contributed by atoms with Gasteiger partial charge in [-0.15, -0.1) is 4.34 Å². The van der Waals surface area contributed by atoms with Crippen molar-refractivity contribution in [2.45, 2.75) is 162 Å². The SMILES string of the molecule is CCCCCCCCCCCCCC[S+]([O-])n1c(=O)n(P(=O)=O)c(=O)c2c1[nH]c(=O)n2CC(C)OCCCCCCCCCC. The van der Waals surface area contributed by atoms with Crippen LogP contribution in [0.2, 0.25) is 0 Å². The van der Waals surface area contributed by atoms with E-state index in [-0.39, 0.29) is 27.8 Å². The second-order valence-electron chi connectivity index (χ2n) is 12.2. The first-order valence-electron chi connectivity index (χ1n) is 17.4. The first kappa shape index (κ1) is 39.3. The van der Waals surface area contributed by atoms with Crippen LogP contribution in [0.25, 0.3) is 11.2 Å². The molecule has 2 aromatic rings. The number of fused-ring (bicyclic) bond motifs is 1. The second kappa shape index (κ2) is 22.6. The van der Waals surface area contributed by atoms with Gasteiger partial charge in [-0.2, -0.15) is 0 Å². The van der Waals surface area contributed by atoms with Crippen LogP contribution in [0.1, 0.15) is 149 Å². The maximum Gasteiger partial charge on any atom is 0.438 e. The lowest BCUT2D eigenvalue weighted by atomic mass is 10.1. The van der Waals surface area contributed by atoms with Crippen molar-refractivity contribution in [2.24, 2.45) is 0 Å². The number of rotatable bonds is 27.